The number of amides is 2. The van der Waals surface area contributed by atoms with E-state index in [1.54, 1.807) is 24.3 Å². The normalized spacial score (nSPS) is 11.2. The van der Waals surface area contributed by atoms with Gasteiger partial charge in [-0.3, -0.25) is 20.2 Å². The number of hydrogen-bond acceptors (Lipinski definition) is 6. The lowest BCUT2D eigenvalue weighted by Gasteiger charge is -2.08. The van der Waals surface area contributed by atoms with E-state index in [0.717, 1.165) is 42.7 Å². The average molecular weight is 487 g/mol. The summed E-state index contributed by atoms with van der Waals surface area (Å²) in [4.78, 5) is 35.4. The Kier molecular flexibility index (Phi) is 5.63. The highest BCUT2D eigenvalue weighted by molar-refractivity contribution is 7.22. The molecule has 2 N–H and O–H groups in total. The van der Waals surface area contributed by atoms with Crippen molar-refractivity contribution in [2.75, 3.05) is 10.6 Å². The summed E-state index contributed by atoms with van der Waals surface area (Å²) >= 11 is 2.84. The van der Waals surface area contributed by atoms with Crippen molar-refractivity contribution in [2.24, 2.45) is 0 Å². The first-order chi connectivity index (χ1) is 16.3. The quantitative estimate of drug-likeness (QED) is 0.298. The van der Waals surface area contributed by atoms with Crippen LogP contribution in [0.3, 0.4) is 0 Å². The fourth-order valence-corrected chi connectivity index (χ4v) is 6.13. The van der Waals surface area contributed by atoms with Gasteiger partial charge in [-0.05, 0) is 74.2 Å². The Labute approximate surface area is 204 Å². The average Bonchev–Trinajstić information content (AvgIpc) is 3.37. The molecule has 3 aromatic carbocycles. The molecule has 0 fully saturated rings. The van der Waals surface area contributed by atoms with Crippen molar-refractivity contribution < 1.29 is 9.59 Å². The van der Waals surface area contributed by atoms with E-state index in [4.69, 9.17) is 0 Å². The van der Waals surface area contributed by atoms with E-state index in [1.165, 1.54) is 22.7 Å². The van der Waals surface area contributed by atoms with Crippen LogP contribution in [0.1, 0.15) is 43.0 Å². The van der Waals surface area contributed by atoms with E-state index < -0.39 is 0 Å². The lowest BCUT2D eigenvalue weighted by molar-refractivity contribution is 0.0990. The summed E-state index contributed by atoms with van der Waals surface area (Å²) < 4.78 is 2.03. The van der Waals surface area contributed by atoms with Gasteiger partial charge in [0, 0.05) is 0 Å². The fourth-order valence-electron chi connectivity index (χ4n) is 4.06. The number of aryl methyl sites for hydroxylation is 4. The van der Waals surface area contributed by atoms with Gasteiger partial charge in [0.2, 0.25) is 0 Å². The summed E-state index contributed by atoms with van der Waals surface area (Å²) in [6.45, 7) is 8.08. The predicted molar refractivity (Wildman–Crippen MR) is 141 cm³/mol. The minimum atomic E-state index is -0.380. The summed E-state index contributed by atoms with van der Waals surface area (Å²) in [6, 6.07) is 15.0. The van der Waals surface area contributed by atoms with Gasteiger partial charge in [0.1, 0.15) is 0 Å². The van der Waals surface area contributed by atoms with Gasteiger partial charge in [-0.25, -0.2) is 9.97 Å². The first-order valence-electron chi connectivity index (χ1n) is 10.8. The van der Waals surface area contributed by atoms with E-state index in [-0.39, 0.29) is 22.9 Å². The molecule has 0 atom stereocenters. The van der Waals surface area contributed by atoms with E-state index in [0.29, 0.717) is 10.3 Å². The molecule has 0 radical (unpaired) electrons. The van der Waals surface area contributed by atoms with Crippen LogP contribution in [-0.4, -0.2) is 21.8 Å². The molecule has 170 valence electrons. The number of fused-ring (bicyclic) bond motifs is 2. The predicted octanol–water partition coefficient (Wildman–Crippen LogP) is 6.64. The van der Waals surface area contributed by atoms with Crippen molar-refractivity contribution in [1.29, 1.82) is 0 Å². The van der Waals surface area contributed by atoms with Crippen LogP contribution in [0.25, 0.3) is 20.4 Å². The van der Waals surface area contributed by atoms with Gasteiger partial charge < -0.3 is 0 Å². The molecule has 0 aliphatic heterocycles. The van der Waals surface area contributed by atoms with Crippen LogP contribution in [0.2, 0.25) is 0 Å². The summed E-state index contributed by atoms with van der Waals surface area (Å²) in [5.41, 5.74) is 6.72. The van der Waals surface area contributed by atoms with E-state index >= 15 is 0 Å². The summed E-state index contributed by atoms with van der Waals surface area (Å²) in [5, 5.41) is 6.73. The van der Waals surface area contributed by atoms with Crippen LogP contribution < -0.4 is 10.6 Å². The second-order valence-corrected chi connectivity index (χ2v) is 10.4. The molecule has 0 saturated heterocycles. The molecule has 5 rings (SSSR count). The van der Waals surface area contributed by atoms with Crippen molar-refractivity contribution in [1.82, 2.24) is 9.97 Å². The van der Waals surface area contributed by atoms with E-state index in [1.807, 2.05) is 27.7 Å². The topological polar surface area (TPSA) is 84.0 Å². The van der Waals surface area contributed by atoms with E-state index in [9.17, 15) is 9.59 Å². The van der Waals surface area contributed by atoms with Gasteiger partial charge in [-0.15, -0.1) is 0 Å². The molecule has 0 spiro atoms. The van der Waals surface area contributed by atoms with Gasteiger partial charge in [0.25, 0.3) is 11.8 Å². The Bertz CT molecular complexity index is 1480. The van der Waals surface area contributed by atoms with E-state index in [2.05, 4.69) is 44.9 Å². The van der Waals surface area contributed by atoms with Gasteiger partial charge in [0.15, 0.2) is 10.3 Å². The van der Waals surface area contributed by atoms with Crippen LogP contribution in [0, 0.1) is 27.7 Å². The van der Waals surface area contributed by atoms with Crippen molar-refractivity contribution in [2.45, 2.75) is 27.7 Å². The molecule has 0 saturated carbocycles. The number of thiazole rings is 2. The molecular formula is C26H22N4O2S2. The van der Waals surface area contributed by atoms with Crippen molar-refractivity contribution in [3.63, 3.8) is 0 Å². The minimum Gasteiger partial charge on any atom is -0.298 e. The Balaban J connectivity index is 1.41. The summed E-state index contributed by atoms with van der Waals surface area (Å²) in [6.07, 6.45) is 0. The van der Waals surface area contributed by atoms with Gasteiger partial charge in [-0.2, -0.15) is 0 Å². The Morgan fingerprint density at radius 3 is 1.50 bits per heavy atom. The van der Waals surface area contributed by atoms with Gasteiger partial charge in [0.05, 0.1) is 31.6 Å². The van der Waals surface area contributed by atoms with Gasteiger partial charge in [-0.1, -0.05) is 46.9 Å². The van der Waals surface area contributed by atoms with Gasteiger partial charge >= 0.3 is 0 Å². The van der Waals surface area contributed by atoms with Crippen molar-refractivity contribution in [3.05, 3.63) is 81.9 Å². The summed E-state index contributed by atoms with van der Waals surface area (Å²) in [5.74, 6) is -0.759. The molecule has 2 heterocycles. The smallest absolute Gasteiger partial charge is 0.258 e. The maximum absolute atomic E-state index is 13.1. The molecule has 6 nitrogen and oxygen atoms in total. The number of benzene rings is 3. The summed E-state index contributed by atoms with van der Waals surface area (Å²) in [7, 11) is 0. The molecule has 0 unspecified atom stereocenters. The lowest BCUT2D eigenvalue weighted by atomic mass is 10.1. The maximum atomic E-state index is 13.1. The minimum absolute atomic E-state index is 0.278. The number of carbonyl (C=O) groups excluding carboxylic acids is 2. The molecule has 0 bridgehead atoms. The van der Waals surface area contributed by atoms with Crippen LogP contribution in [0.4, 0.5) is 10.3 Å². The number of nitrogens with one attached hydrogen (secondary N) is 2. The van der Waals surface area contributed by atoms with Crippen LogP contribution in [0.5, 0.6) is 0 Å². The molecule has 2 amide bonds. The van der Waals surface area contributed by atoms with Crippen molar-refractivity contribution in [3.8, 4) is 0 Å². The number of carbonyl (C=O) groups is 2. The monoisotopic (exact) mass is 486 g/mol. The Morgan fingerprint density at radius 1 is 0.676 bits per heavy atom. The molecule has 34 heavy (non-hydrogen) atoms. The Morgan fingerprint density at radius 2 is 1.09 bits per heavy atom. The third-order valence-corrected chi connectivity index (χ3v) is 7.35. The molecule has 0 aliphatic carbocycles. The second kappa shape index (κ2) is 8.62. The number of rotatable bonds is 4. The first kappa shape index (κ1) is 22.2. The number of hydrogen-bond donors (Lipinski definition) is 2. The van der Waals surface area contributed by atoms with Crippen LogP contribution in [-0.2, 0) is 0 Å². The molecular weight excluding hydrogens is 464 g/mol. The lowest BCUT2D eigenvalue weighted by Crippen LogP contribution is -2.20. The largest absolute Gasteiger partial charge is 0.298 e. The maximum Gasteiger partial charge on any atom is 0.258 e. The number of nitrogens with zero attached hydrogens (tertiary/aromatic N) is 2. The number of anilines is 2. The highest BCUT2D eigenvalue weighted by Crippen LogP contribution is 2.31. The molecule has 0 aliphatic rings. The first-order valence-corrected chi connectivity index (χ1v) is 12.4. The number of aromatic nitrogens is 2. The molecule has 2 aromatic heterocycles. The van der Waals surface area contributed by atoms with Crippen LogP contribution in [0.15, 0.2) is 48.5 Å². The third kappa shape index (κ3) is 4.18. The highest BCUT2D eigenvalue weighted by atomic mass is 32.1. The van der Waals surface area contributed by atoms with Crippen LogP contribution >= 0.6 is 22.7 Å². The third-order valence-electron chi connectivity index (χ3n) is 5.52. The molecule has 8 heteroatoms. The zero-order valence-corrected chi connectivity index (χ0v) is 20.8. The highest BCUT2D eigenvalue weighted by Gasteiger charge is 2.20. The fraction of sp³-hybridized carbons (Fsp3) is 0.154. The Hall–Kier alpha value is -3.62. The SMILES string of the molecule is Cc1cc(C)c2nc(NC(=O)c3ccccc3C(=O)Nc3nc4c(C)cc(C)cc4s3)sc2c1. The molecule has 5 aromatic rings. The second-order valence-electron chi connectivity index (χ2n) is 8.35. The standard InChI is InChI=1S/C26H22N4O2S2/c1-13-9-15(3)21-19(11-13)33-25(27-21)29-23(31)17-7-5-6-8-18(17)24(32)30-26-28-22-16(4)10-14(2)12-20(22)34-26/h5-12H,1-4H3,(H,27,29,31)(H,28,30,32). The van der Waals surface area contributed by atoms with Crippen molar-refractivity contribution >= 4 is 65.2 Å². The zero-order chi connectivity index (χ0) is 24.0. The zero-order valence-electron chi connectivity index (χ0n) is 19.1.